The van der Waals surface area contributed by atoms with Gasteiger partial charge in [-0.25, -0.2) is 9.59 Å². The molecule has 0 N–H and O–H groups in total. The molecule has 0 spiro atoms. The fraction of sp³-hybridized carbons (Fsp3) is 0.250. The zero-order valence-electron chi connectivity index (χ0n) is 14.4. The average molecular weight is 353 g/mol. The molecule has 6 nitrogen and oxygen atoms in total. The van der Waals surface area contributed by atoms with Crippen LogP contribution in [0.5, 0.6) is 0 Å². The van der Waals surface area contributed by atoms with Crippen molar-refractivity contribution < 1.29 is 23.9 Å². The Bertz CT molecular complexity index is 828. The van der Waals surface area contributed by atoms with Gasteiger partial charge in [0, 0.05) is 13.1 Å². The van der Waals surface area contributed by atoms with Gasteiger partial charge in [0.25, 0.3) is 5.91 Å². The zero-order valence-corrected chi connectivity index (χ0v) is 14.4. The lowest BCUT2D eigenvalue weighted by Crippen LogP contribution is -2.38. The van der Waals surface area contributed by atoms with Crippen molar-refractivity contribution in [3.63, 3.8) is 0 Å². The summed E-state index contributed by atoms with van der Waals surface area (Å²) < 4.78 is 9.71. The van der Waals surface area contributed by atoms with E-state index in [0.29, 0.717) is 18.7 Å². The molecule has 2 aromatic rings. The summed E-state index contributed by atoms with van der Waals surface area (Å²) in [6.45, 7) is 0.835. The molecule has 0 saturated heterocycles. The lowest BCUT2D eigenvalue weighted by molar-refractivity contribution is -0.135. The smallest absolute Gasteiger partial charge is 0.338 e. The first kappa shape index (κ1) is 17.7. The summed E-state index contributed by atoms with van der Waals surface area (Å²) >= 11 is 0. The zero-order chi connectivity index (χ0) is 18.5. The van der Waals surface area contributed by atoms with Crippen molar-refractivity contribution in [2.24, 2.45) is 0 Å². The van der Waals surface area contributed by atoms with Crippen LogP contribution in [-0.4, -0.2) is 43.0 Å². The second-order valence-electron chi connectivity index (χ2n) is 5.98. The first-order chi connectivity index (χ1) is 12.6. The summed E-state index contributed by atoms with van der Waals surface area (Å²) in [5, 5.41) is 0. The van der Waals surface area contributed by atoms with Crippen LogP contribution in [-0.2, 0) is 27.2 Å². The van der Waals surface area contributed by atoms with Crippen LogP contribution in [0.25, 0.3) is 0 Å². The topological polar surface area (TPSA) is 72.9 Å². The Balaban J connectivity index is 1.54. The highest BCUT2D eigenvalue weighted by Gasteiger charge is 2.21. The Morgan fingerprint density at radius 2 is 1.54 bits per heavy atom. The van der Waals surface area contributed by atoms with Gasteiger partial charge in [0.05, 0.1) is 18.2 Å². The highest BCUT2D eigenvalue weighted by atomic mass is 16.5. The monoisotopic (exact) mass is 353 g/mol. The first-order valence-corrected chi connectivity index (χ1v) is 8.28. The third-order valence-electron chi connectivity index (χ3n) is 4.35. The van der Waals surface area contributed by atoms with Gasteiger partial charge in [-0.2, -0.15) is 0 Å². The van der Waals surface area contributed by atoms with Crippen LogP contribution in [0.4, 0.5) is 0 Å². The van der Waals surface area contributed by atoms with Gasteiger partial charge in [-0.3, -0.25) is 4.79 Å². The molecule has 6 heteroatoms. The average Bonchev–Trinajstić information content (AvgIpc) is 2.70. The van der Waals surface area contributed by atoms with E-state index in [1.54, 1.807) is 4.90 Å². The Hall–Kier alpha value is -3.15. The van der Waals surface area contributed by atoms with E-state index >= 15 is 0 Å². The van der Waals surface area contributed by atoms with E-state index in [4.69, 9.17) is 4.74 Å². The summed E-state index contributed by atoms with van der Waals surface area (Å²) in [5.41, 5.74) is 2.98. The number of ether oxygens (including phenoxy) is 2. The molecule has 1 aliphatic heterocycles. The van der Waals surface area contributed by atoms with Crippen LogP contribution < -0.4 is 0 Å². The highest BCUT2D eigenvalue weighted by molar-refractivity contribution is 5.94. The Labute approximate surface area is 151 Å². The number of nitrogens with zero attached hydrogens (tertiary/aromatic N) is 1. The maximum absolute atomic E-state index is 12.3. The number of hydrogen-bond acceptors (Lipinski definition) is 5. The lowest BCUT2D eigenvalue weighted by atomic mass is 10.00. The summed E-state index contributed by atoms with van der Waals surface area (Å²) in [6.07, 6.45) is 0.796. The molecular formula is C20H19NO5. The molecule has 0 fully saturated rings. The van der Waals surface area contributed by atoms with E-state index in [9.17, 15) is 14.4 Å². The molecule has 0 radical (unpaired) electrons. The van der Waals surface area contributed by atoms with Crippen LogP contribution in [0.1, 0.15) is 31.8 Å². The van der Waals surface area contributed by atoms with Gasteiger partial charge in [-0.15, -0.1) is 0 Å². The van der Waals surface area contributed by atoms with Crippen molar-refractivity contribution in [3.05, 3.63) is 70.8 Å². The predicted molar refractivity (Wildman–Crippen MR) is 93.6 cm³/mol. The molecular weight excluding hydrogens is 334 g/mol. The number of esters is 2. The van der Waals surface area contributed by atoms with Gasteiger partial charge >= 0.3 is 11.9 Å². The van der Waals surface area contributed by atoms with Gasteiger partial charge in [-0.1, -0.05) is 24.3 Å². The minimum absolute atomic E-state index is 0.223. The van der Waals surface area contributed by atoms with Crippen LogP contribution in [0, 0.1) is 0 Å². The summed E-state index contributed by atoms with van der Waals surface area (Å²) in [5.74, 6) is -1.31. The number of carbonyl (C=O) groups excluding carboxylic acids is 3. The normalized spacial score (nSPS) is 12.9. The van der Waals surface area contributed by atoms with Gasteiger partial charge < -0.3 is 14.4 Å². The molecule has 0 aliphatic carbocycles. The fourth-order valence-corrected chi connectivity index (χ4v) is 2.87. The highest BCUT2D eigenvalue weighted by Crippen LogP contribution is 2.18. The first-order valence-electron chi connectivity index (χ1n) is 8.28. The maximum Gasteiger partial charge on any atom is 0.338 e. The second-order valence-corrected chi connectivity index (χ2v) is 5.98. The van der Waals surface area contributed by atoms with Crippen molar-refractivity contribution in [1.82, 2.24) is 4.90 Å². The van der Waals surface area contributed by atoms with Gasteiger partial charge in [0.15, 0.2) is 6.61 Å². The molecule has 134 valence electrons. The molecule has 1 aliphatic rings. The minimum atomic E-state index is -0.604. The van der Waals surface area contributed by atoms with Crippen molar-refractivity contribution in [2.45, 2.75) is 13.0 Å². The quantitative estimate of drug-likeness (QED) is 0.788. The Kier molecular flexibility index (Phi) is 5.31. The molecule has 0 atom stereocenters. The van der Waals surface area contributed by atoms with Gasteiger partial charge in [0.1, 0.15) is 0 Å². The molecule has 2 aromatic carbocycles. The molecule has 26 heavy (non-hydrogen) atoms. The van der Waals surface area contributed by atoms with E-state index in [0.717, 1.165) is 12.0 Å². The number of rotatable bonds is 4. The van der Waals surface area contributed by atoms with E-state index in [-0.39, 0.29) is 18.1 Å². The largest absolute Gasteiger partial charge is 0.465 e. The summed E-state index contributed by atoms with van der Waals surface area (Å²) in [7, 11) is 1.29. The van der Waals surface area contributed by atoms with Crippen molar-refractivity contribution >= 4 is 17.8 Å². The van der Waals surface area contributed by atoms with Crippen molar-refractivity contribution in [3.8, 4) is 0 Å². The van der Waals surface area contributed by atoms with Crippen molar-refractivity contribution in [2.75, 3.05) is 20.3 Å². The molecule has 1 amide bonds. The molecule has 0 bridgehead atoms. The molecule has 0 saturated carbocycles. The molecule has 0 unspecified atom stereocenters. The second kappa shape index (κ2) is 7.82. The Morgan fingerprint density at radius 3 is 2.19 bits per heavy atom. The van der Waals surface area contributed by atoms with E-state index < -0.39 is 11.9 Å². The number of hydrogen-bond donors (Lipinski definition) is 0. The number of amides is 1. The summed E-state index contributed by atoms with van der Waals surface area (Å²) in [4.78, 5) is 37.5. The van der Waals surface area contributed by atoms with Crippen molar-refractivity contribution in [1.29, 1.82) is 0 Å². The number of carbonyl (C=O) groups is 3. The third-order valence-corrected chi connectivity index (χ3v) is 4.35. The number of fused-ring (bicyclic) bond motifs is 1. The van der Waals surface area contributed by atoms with Crippen LogP contribution in [0.2, 0.25) is 0 Å². The predicted octanol–water partition coefficient (Wildman–Crippen LogP) is 2.21. The lowest BCUT2D eigenvalue weighted by Gasteiger charge is -2.28. The van der Waals surface area contributed by atoms with Crippen LogP contribution in [0.15, 0.2) is 48.5 Å². The molecule has 0 aromatic heterocycles. The van der Waals surface area contributed by atoms with Crippen LogP contribution >= 0.6 is 0 Å². The van der Waals surface area contributed by atoms with Gasteiger partial charge in [0.2, 0.25) is 0 Å². The van der Waals surface area contributed by atoms with E-state index in [2.05, 4.69) is 10.8 Å². The molecule has 1 heterocycles. The standard InChI is InChI=1S/C20H19NO5/c1-25-19(23)15-6-8-16(9-7-15)20(24)26-13-18(22)21-11-10-14-4-2-3-5-17(14)12-21/h2-9H,10-13H2,1H3. The van der Waals surface area contributed by atoms with Crippen LogP contribution in [0.3, 0.4) is 0 Å². The fourth-order valence-electron chi connectivity index (χ4n) is 2.87. The number of methoxy groups -OCH3 is 1. The van der Waals surface area contributed by atoms with E-state index in [1.165, 1.54) is 36.9 Å². The molecule has 3 rings (SSSR count). The minimum Gasteiger partial charge on any atom is -0.465 e. The Morgan fingerprint density at radius 1 is 0.923 bits per heavy atom. The summed E-state index contributed by atoms with van der Waals surface area (Å²) in [6, 6.07) is 13.9. The third kappa shape index (κ3) is 3.91. The maximum atomic E-state index is 12.3. The number of benzene rings is 2. The SMILES string of the molecule is COC(=O)c1ccc(C(=O)OCC(=O)N2CCc3ccccc3C2)cc1. The van der Waals surface area contributed by atoms with Gasteiger partial charge in [-0.05, 0) is 41.8 Å². The van der Waals surface area contributed by atoms with E-state index in [1.807, 2.05) is 18.2 Å².